The van der Waals surface area contributed by atoms with Gasteiger partial charge < -0.3 is 14.8 Å². The molecule has 8 heteroatoms. The number of carbonyl (C=O) groups excluding carboxylic acids is 1. The Bertz CT molecular complexity index is 1130. The van der Waals surface area contributed by atoms with Gasteiger partial charge in [-0.25, -0.2) is 9.48 Å². The topological polar surface area (TPSA) is 78.3 Å². The Labute approximate surface area is 191 Å². The fourth-order valence-electron chi connectivity index (χ4n) is 3.57. The Morgan fingerprint density at radius 3 is 2.75 bits per heavy atom. The van der Waals surface area contributed by atoms with Crippen LogP contribution in [0.1, 0.15) is 37.4 Å². The first kappa shape index (κ1) is 22.0. The highest BCUT2D eigenvalue weighted by Crippen LogP contribution is 2.37. The quantitative estimate of drug-likeness (QED) is 0.389. The number of hydrogen-bond donors (Lipinski definition) is 1. The maximum Gasteiger partial charge on any atom is 0.338 e. The van der Waals surface area contributed by atoms with E-state index in [4.69, 9.17) is 14.6 Å². The van der Waals surface area contributed by atoms with E-state index in [1.54, 1.807) is 23.6 Å². The van der Waals surface area contributed by atoms with Crippen molar-refractivity contribution < 1.29 is 14.3 Å². The van der Waals surface area contributed by atoms with Crippen molar-refractivity contribution >= 4 is 23.7 Å². The Kier molecular flexibility index (Phi) is 6.80. The molecule has 4 rings (SSSR count). The summed E-state index contributed by atoms with van der Waals surface area (Å²) >= 11 is 1.59. The van der Waals surface area contributed by atoms with Gasteiger partial charge in [-0.15, -0.1) is 5.10 Å². The maximum atomic E-state index is 13.3. The average molecular weight is 451 g/mol. The molecular weight excluding hydrogens is 424 g/mol. The Balaban J connectivity index is 1.70. The zero-order valence-corrected chi connectivity index (χ0v) is 19.2. The lowest BCUT2D eigenvalue weighted by atomic mass is 9.95. The molecule has 0 saturated carbocycles. The van der Waals surface area contributed by atoms with E-state index in [0.29, 0.717) is 28.1 Å². The minimum atomic E-state index is -0.479. The van der Waals surface area contributed by atoms with E-state index < -0.39 is 12.0 Å². The van der Waals surface area contributed by atoms with Crippen molar-refractivity contribution in [2.75, 3.05) is 18.2 Å². The van der Waals surface area contributed by atoms with Crippen LogP contribution in [0, 0.1) is 0 Å². The zero-order chi connectivity index (χ0) is 22.5. The van der Waals surface area contributed by atoms with Crippen molar-refractivity contribution in [2.24, 2.45) is 0 Å². The summed E-state index contributed by atoms with van der Waals surface area (Å²) < 4.78 is 12.9. The molecule has 3 aromatic rings. The minimum absolute atomic E-state index is 0.198. The number of ether oxygens (including phenoxy) is 2. The van der Waals surface area contributed by atoms with E-state index in [2.05, 4.69) is 17.2 Å². The van der Waals surface area contributed by atoms with Gasteiger partial charge in [-0.05, 0) is 36.6 Å². The van der Waals surface area contributed by atoms with E-state index in [0.717, 1.165) is 23.3 Å². The molecule has 1 N–H and O–H groups in total. The van der Waals surface area contributed by atoms with E-state index >= 15 is 0 Å². The van der Waals surface area contributed by atoms with Crippen LogP contribution in [0.25, 0.3) is 0 Å². The monoisotopic (exact) mass is 450 g/mol. The number of methoxy groups -OCH3 is 1. The van der Waals surface area contributed by atoms with Crippen LogP contribution < -0.4 is 10.1 Å². The number of hydrogen-bond acceptors (Lipinski definition) is 7. The van der Waals surface area contributed by atoms with E-state index in [9.17, 15) is 4.79 Å². The predicted octanol–water partition coefficient (Wildman–Crippen LogP) is 4.82. The third kappa shape index (κ3) is 4.65. The molecule has 0 radical (unpaired) electrons. The molecule has 32 heavy (non-hydrogen) atoms. The molecule has 1 aliphatic rings. The summed E-state index contributed by atoms with van der Waals surface area (Å²) in [6.45, 7) is 4.18. The number of allylic oxidation sites excluding steroid dienone is 1. The molecule has 0 fully saturated rings. The molecular formula is C24H26N4O3S. The fourth-order valence-corrected chi connectivity index (χ4v) is 4.25. The largest absolute Gasteiger partial charge is 0.497 e. The number of nitrogens with zero attached hydrogens (tertiary/aromatic N) is 3. The van der Waals surface area contributed by atoms with Crippen LogP contribution in [-0.2, 0) is 16.1 Å². The molecule has 7 nitrogen and oxygen atoms in total. The first-order valence-electron chi connectivity index (χ1n) is 10.5. The van der Waals surface area contributed by atoms with Crippen molar-refractivity contribution in [3.05, 3.63) is 77.0 Å². The van der Waals surface area contributed by atoms with Gasteiger partial charge in [0.25, 0.3) is 0 Å². The number of carbonyl (C=O) groups is 1. The second-order valence-electron chi connectivity index (χ2n) is 7.42. The van der Waals surface area contributed by atoms with Crippen LogP contribution in [0.5, 0.6) is 5.75 Å². The zero-order valence-electron chi connectivity index (χ0n) is 18.4. The molecule has 2 aromatic carbocycles. The molecule has 166 valence electrons. The van der Waals surface area contributed by atoms with Crippen LogP contribution >= 0.6 is 11.8 Å². The summed E-state index contributed by atoms with van der Waals surface area (Å²) in [6, 6.07) is 16.8. The Morgan fingerprint density at radius 1 is 1.19 bits per heavy atom. The van der Waals surface area contributed by atoms with Gasteiger partial charge in [-0.2, -0.15) is 4.98 Å². The smallest absolute Gasteiger partial charge is 0.338 e. The number of aromatic nitrogens is 3. The van der Waals surface area contributed by atoms with Crippen molar-refractivity contribution in [3.63, 3.8) is 0 Å². The summed E-state index contributed by atoms with van der Waals surface area (Å²) in [4.78, 5) is 17.9. The van der Waals surface area contributed by atoms with Gasteiger partial charge in [0.05, 0.1) is 12.7 Å². The summed E-state index contributed by atoms with van der Waals surface area (Å²) in [5.74, 6) is 1.84. The fraction of sp³-hybridized carbons (Fsp3) is 0.292. The average Bonchev–Trinajstić information content (AvgIpc) is 3.23. The van der Waals surface area contributed by atoms with Gasteiger partial charge >= 0.3 is 5.97 Å². The van der Waals surface area contributed by atoms with Crippen LogP contribution in [0.15, 0.2) is 71.0 Å². The van der Waals surface area contributed by atoms with E-state index in [1.807, 2.05) is 61.5 Å². The third-order valence-corrected chi connectivity index (χ3v) is 6.15. The molecule has 1 atom stereocenters. The number of nitrogens with one attached hydrogen (secondary N) is 1. The molecule has 0 amide bonds. The van der Waals surface area contributed by atoms with Crippen LogP contribution in [0.2, 0.25) is 0 Å². The number of esters is 1. The summed E-state index contributed by atoms with van der Waals surface area (Å²) in [6.07, 6.45) is 1.02. The van der Waals surface area contributed by atoms with Gasteiger partial charge in [0.1, 0.15) is 18.4 Å². The van der Waals surface area contributed by atoms with Crippen LogP contribution in [0.4, 0.5) is 5.95 Å². The standard InChI is InChI=1S/C24H26N4O3S/c1-4-13-32-24-26-23-25-16(2)20(22(29)31-15-17-9-6-5-7-10-17)21(28(23)27-24)18-11-8-12-19(14-18)30-3/h5-12,14,21H,4,13,15H2,1-3H3,(H,25,26,27). The van der Waals surface area contributed by atoms with Gasteiger partial charge in [0.2, 0.25) is 11.1 Å². The van der Waals surface area contributed by atoms with E-state index in [1.165, 1.54) is 0 Å². The van der Waals surface area contributed by atoms with Gasteiger partial charge in [-0.3, -0.25) is 0 Å². The summed E-state index contributed by atoms with van der Waals surface area (Å²) in [5, 5.41) is 8.62. The van der Waals surface area contributed by atoms with Crippen molar-refractivity contribution in [1.29, 1.82) is 0 Å². The Morgan fingerprint density at radius 2 is 2.00 bits per heavy atom. The van der Waals surface area contributed by atoms with Gasteiger partial charge in [-0.1, -0.05) is 61.2 Å². The molecule has 0 saturated heterocycles. The molecule has 0 aliphatic carbocycles. The molecule has 1 aliphatic heterocycles. The lowest BCUT2D eigenvalue weighted by molar-refractivity contribution is -0.140. The SMILES string of the molecule is CCCSc1nc2n(n1)C(c1cccc(OC)c1)C(C(=O)OCc1ccccc1)=C(C)N2. The highest BCUT2D eigenvalue weighted by Gasteiger charge is 2.35. The minimum Gasteiger partial charge on any atom is -0.497 e. The number of thioether (sulfide) groups is 1. The second-order valence-corrected chi connectivity index (χ2v) is 8.48. The van der Waals surface area contributed by atoms with Gasteiger partial charge in [0, 0.05) is 11.4 Å². The van der Waals surface area contributed by atoms with Crippen molar-refractivity contribution in [2.45, 2.75) is 38.1 Å². The second kappa shape index (κ2) is 9.91. The molecule has 1 unspecified atom stereocenters. The maximum absolute atomic E-state index is 13.3. The van der Waals surface area contributed by atoms with Gasteiger partial charge in [0.15, 0.2) is 0 Å². The summed E-state index contributed by atoms with van der Waals surface area (Å²) in [7, 11) is 1.62. The normalized spacial score (nSPS) is 15.2. The highest BCUT2D eigenvalue weighted by molar-refractivity contribution is 7.99. The van der Waals surface area contributed by atoms with E-state index in [-0.39, 0.29) is 6.61 Å². The van der Waals surface area contributed by atoms with Crippen molar-refractivity contribution in [1.82, 2.24) is 14.8 Å². The van der Waals surface area contributed by atoms with Crippen molar-refractivity contribution in [3.8, 4) is 5.75 Å². The molecule has 0 spiro atoms. The number of fused-ring (bicyclic) bond motifs is 1. The number of benzene rings is 2. The van der Waals surface area contributed by atoms with Crippen LogP contribution in [0.3, 0.4) is 0 Å². The molecule has 1 aromatic heterocycles. The first-order valence-corrected chi connectivity index (χ1v) is 11.5. The highest BCUT2D eigenvalue weighted by atomic mass is 32.2. The number of anilines is 1. The lowest BCUT2D eigenvalue weighted by Gasteiger charge is -2.28. The lowest BCUT2D eigenvalue weighted by Crippen LogP contribution is -2.29. The summed E-state index contributed by atoms with van der Waals surface area (Å²) in [5.41, 5.74) is 3.00. The molecule has 2 heterocycles. The Hall–Kier alpha value is -3.26. The van der Waals surface area contributed by atoms with Crippen LogP contribution in [-0.4, -0.2) is 33.6 Å². The number of rotatable bonds is 8. The third-order valence-electron chi connectivity index (χ3n) is 5.11. The predicted molar refractivity (Wildman–Crippen MR) is 125 cm³/mol. The molecule has 0 bridgehead atoms. The first-order chi connectivity index (χ1) is 15.6.